The number of aromatic nitrogens is 3. The summed E-state index contributed by atoms with van der Waals surface area (Å²) >= 11 is 0. The summed E-state index contributed by atoms with van der Waals surface area (Å²) < 4.78 is 10.9. The first-order valence-corrected chi connectivity index (χ1v) is 10.5. The first-order chi connectivity index (χ1) is 14.8. The van der Waals surface area contributed by atoms with E-state index in [1.54, 1.807) is 0 Å². The molecule has 0 aromatic carbocycles. The summed E-state index contributed by atoms with van der Waals surface area (Å²) in [5, 5.41) is 18.5. The molecule has 0 atom stereocenters. The van der Waals surface area contributed by atoms with Gasteiger partial charge in [-0.25, -0.2) is 4.98 Å². The number of nitrogens with zero attached hydrogens (tertiary/aromatic N) is 7. The molecular weight excluding hydrogens is 382 g/mol. The van der Waals surface area contributed by atoms with Crippen LogP contribution in [0.2, 0.25) is 0 Å². The molecule has 5 rings (SSSR count). The van der Waals surface area contributed by atoms with Crippen molar-refractivity contribution in [1.82, 2.24) is 15.2 Å². The lowest BCUT2D eigenvalue weighted by Crippen LogP contribution is -2.47. The Bertz CT molecular complexity index is 930. The number of ether oxygens (including phenoxy) is 2. The smallest absolute Gasteiger partial charge is 0.151 e. The highest BCUT2D eigenvalue weighted by Gasteiger charge is 2.24. The molecule has 2 fully saturated rings. The van der Waals surface area contributed by atoms with Crippen molar-refractivity contribution in [2.45, 2.75) is 13.0 Å². The molecule has 2 aromatic heterocycles. The van der Waals surface area contributed by atoms with Crippen molar-refractivity contribution in [3.8, 4) is 6.07 Å². The maximum atomic E-state index is 9.62. The largest absolute Gasteiger partial charge is 0.378 e. The zero-order valence-electron chi connectivity index (χ0n) is 17.0. The summed E-state index contributed by atoms with van der Waals surface area (Å²) in [5.74, 6) is 2.59. The molecule has 5 heterocycles. The maximum Gasteiger partial charge on any atom is 0.151 e. The number of anilines is 3. The summed E-state index contributed by atoms with van der Waals surface area (Å²) in [4.78, 5) is 11.5. The summed E-state index contributed by atoms with van der Waals surface area (Å²) in [6, 6.07) is 8.35. The minimum Gasteiger partial charge on any atom is -0.378 e. The van der Waals surface area contributed by atoms with Gasteiger partial charge in [-0.05, 0) is 18.2 Å². The Morgan fingerprint density at radius 2 is 1.50 bits per heavy atom. The molecule has 0 unspecified atom stereocenters. The van der Waals surface area contributed by atoms with Gasteiger partial charge in [0.2, 0.25) is 0 Å². The van der Waals surface area contributed by atoms with Gasteiger partial charge < -0.3 is 24.2 Å². The highest BCUT2D eigenvalue weighted by Crippen LogP contribution is 2.26. The first-order valence-electron chi connectivity index (χ1n) is 10.5. The van der Waals surface area contributed by atoms with Crippen molar-refractivity contribution in [2.24, 2.45) is 0 Å². The Morgan fingerprint density at radius 3 is 2.17 bits per heavy atom. The van der Waals surface area contributed by atoms with E-state index in [1.807, 2.05) is 18.2 Å². The average Bonchev–Trinajstić information content (AvgIpc) is 2.84. The van der Waals surface area contributed by atoms with E-state index < -0.39 is 0 Å². The van der Waals surface area contributed by atoms with E-state index in [4.69, 9.17) is 14.5 Å². The van der Waals surface area contributed by atoms with Gasteiger partial charge in [-0.15, -0.1) is 10.2 Å². The van der Waals surface area contributed by atoms with Gasteiger partial charge in [0.1, 0.15) is 11.9 Å². The third kappa shape index (κ3) is 3.76. The Labute approximate surface area is 175 Å². The van der Waals surface area contributed by atoms with Gasteiger partial charge in [-0.2, -0.15) is 5.26 Å². The normalized spacial score (nSPS) is 19.4. The fourth-order valence-corrected chi connectivity index (χ4v) is 4.19. The molecule has 0 N–H and O–H groups in total. The molecule has 2 saturated heterocycles. The fraction of sp³-hybridized carbons (Fsp3) is 0.524. The van der Waals surface area contributed by atoms with Crippen molar-refractivity contribution in [3.63, 3.8) is 0 Å². The second-order valence-electron chi connectivity index (χ2n) is 7.70. The number of hydrogen-bond donors (Lipinski definition) is 0. The van der Waals surface area contributed by atoms with E-state index in [1.165, 1.54) is 0 Å². The summed E-state index contributed by atoms with van der Waals surface area (Å²) in [5.41, 5.74) is 2.72. The number of morpholine rings is 1. The predicted molar refractivity (Wildman–Crippen MR) is 112 cm³/mol. The predicted octanol–water partition coefficient (Wildman–Crippen LogP) is 0.979. The molecule has 0 bridgehead atoms. The van der Waals surface area contributed by atoms with Crippen molar-refractivity contribution in [2.75, 3.05) is 73.8 Å². The molecule has 0 aliphatic carbocycles. The van der Waals surface area contributed by atoms with Crippen molar-refractivity contribution in [1.29, 1.82) is 5.26 Å². The third-order valence-electron chi connectivity index (χ3n) is 5.91. The Balaban J connectivity index is 1.26. The van der Waals surface area contributed by atoms with E-state index in [-0.39, 0.29) is 0 Å². The monoisotopic (exact) mass is 407 g/mol. The van der Waals surface area contributed by atoms with Gasteiger partial charge in [0.05, 0.1) is 37.7 Å². The van der Waals surface area contributed by atoms with Crippen LogP contribution in [0.4, 0.5) is 17.5 Å². The van der Waals surface area contributed by atoms with Crippen LogP contribution in [0.3, 0.4) is 0 Å². The molecule has 9 heteroatoms. The lowest BCUT2D eigenvalue weighted by Gasteiger charge is -2.36. The van der Waals surface area contributed by atoms with Crippen LogP contribution in [0.5, 0.6) is 0 Å². The Morgan fingerprint density at radius 1 is 0.833 bits per heavy atom. The molecule has 30 heavy (non-hydrogen) atoms. The van der Waals surface area contributed by atoms with Crippen LogP contribution >= 0.6 is 0 Å². The van der Waals surface area contributed by atoms with Crippen molar-refractivity contribution >= 4 is 17.5 Å². The van der Waals surface area contributed by atoms with Gasteiger partial charge >= 0.3 is 0 Å². The average molecular weight is 407 g/mol. The molecule has 156 valence electrons. The molecule has 0 radical (unpaired) electrons. The first kappa shape index (κ1) is 19.0. The third-order valence-corrected chi connectivity index (χ3v) is 5.91. The van der Waals surface area contributed by atoms with Crippen LogP contribution in [0.1, 0.15) is 16.8 Å². The van der Waals surface area contributed by atoms with E-state index in [2.05, 4.69) is 31.0 Å². The van der Waals surface area contributed by atoms with Crippen LogP contribution in [0.15, 0.2) is 18.2 Å². The highest BCUT2D eigenvalue weighted by atomic mass is 16.5. The SMILES string of the molecule is N#Cc1cc2c(nc1N1CCN(c3ccc(N4CCOCC4)nn3)CC1)CCOC2. The molecule has 0 amide bonds. The number of fused-ring (bicyclic) bond motifs is 1. The molecule has 9 nitrogen and oxygen atoms in total. The second-order valence-corrected chi connectivity index (χ2v) is 7.70. The van der Waals surface area contributed by atoms with Crippen LogP contribution in [0, 0.1) is 11.3 Å². The van der Waals surface area contributed by atoms with Crippen molar-refractivity contribution < 1.29 is 9.47 Å². The Hall–Kier alpha value is -2.96. The van der Waals surface area contributed by atoms with E-state index in [0.717, 1.165) is 87.6 Å². The molecule has 2 aromatic rings. The van der Waals surface area contributed by atoms with E-state index >= 15 is 0 Å². The summed E-state index contributed by atoms with van der Waals surface area (Å²) in [6.45, 7) is 7.65. The summed E-state index contributed by atoms with van der Waals surface area (Å²) in [7, 11) is 0. The molecule has 0 spiro atoms. The van der Waals surface area contributed by atoms with Crippen LogP contribution < -0.4 is 14.7 Å². The van der Waals surface area contributed by atoms with Crippen LogP contribution in [-0.2, 0) is 22.5 Å². The molecule has 3 aliphatic rings. The maximum absolute atomic E-state index is 9.62. The van der Waals surface area contributed by atoms with Crippen LogP contribution in [0.25, 0.3) is 0 Å². The quantitative estimate of drug-likeness (QED) is 0.738. The fourth-order valence-electron chi connectivity index (χ4n) is 4.19. The van der Waals surface area contributed by atoms with Gasteiger partial charge in [0.25, 0.3) is 0 Å². The number of hydrogen-bond acceptors (Lipinski definition) is 9. The minimum absolute atomic E-state index is 0.546. The number of piperazine rings is 1. The summed E-state index contributed by atoms with van der Waals surface area (Å²) in [6.07, 6.45) is 0.805. The second kappa shape index (κ2) is 8.42. The van der Waals surface area contributed by atoms with Gasteiger partial charge in [-0.3, -0.25) is 0 Å². The van der Waals surface area contributed by atoms with E-state index in [0.29, 0.717) is 18.8 Å². The number of pyridine rings is 1. The van der Waals surface area contributed by atoms with E-state index in [9.17, 15) is 5.26 Å². The lowest BCUT2D eigenvalue weighted by molar-refractivity contribution is 0.109. The number of rotatable bonds is 3. The number of nitriles is 1. The zero-order valence-corrected chi connectivity index (χ0v) is 17.0. The molecule has 3 aliphatic heterocycles. The highest BCUT2D eigenvalue weighted by molar-refractivity contribution is 5.57. The zero-order chi connectivity index (χ0) is 20.3. The molecular formula is C21H25N7O2. The lowest BCUT2D eigenvalue weighted by atomic mass is 10.1. The topological polar surface area (TPSA) is 90.6 Å². The Kier molecular flexibility index (Phi) is 5.34. The van der Waals surface area contributed by atoms with Gasteiger partial charge in [-0.1, -0.05) is 0 Å². The van der Waals surface area contributed by atoms with Gasteiger partial charge in [0.15, 0.2) is 11.6 Å². The standard InChI is InChI=1S/C21H25N7O2/c22-14-16-13-17-15-30-10-3-18(17)23-21(16)28-6-4-26(5-7-28)19-1-2-20(25-24-19)27-8-11-29-12-9-27/h1-2,13H,3-12,15H2. The molecule has 0 saturated carbocycles. The van der Waals surface area contributed by atoms with Gasteiger partial charge in [0, 0.05) is 51.3 Å². The van der Waals surface area contributed by atoms with Crippen molar-refractivity contribution in [3.05, 3.63) is 35.0 Å². The van der Waals surface area contributed by atoms with Crippen LogP contribution in [-0.4, -0.2) is 74.3 Å². The minimum atomic E-state index is 0.546.